The van der Waals surface area contributed by atoms with Crippen LogP contribution in [0.3, 0.4) is 0 Å². The molecule has 4 aromatic rings. The first-order valence-corrected chi connectivity index (χ1v) is 21.3. The SMILES string of the molecule is N#Cc1ccc(N2CCc3c(ncnc3Nc3ccc(C(=O)N[C@H]4CC[C@H](CN5CCN(c6cc7c(cc6F)C(=O)N(C6CCC(=O)NC6=O)C7)CC5)CC4)c(F)n3)C2)cc1Cl. The largest absolute Gasteiger partial charge is 0.367 e. The average Bonchev–Trinajstić information content (AvgIpc) is 3.58. The standard InChI is InChI=1S/C44H44ClF2N11O4/c45-33-18-29(6-3-26(33)20-48)57-12-11-30-35(23-57)49-24-50-41(30)53-38-9-7-31(40(47)52-38)42(60)51-28-4-1-25(2-5-28)21-55-13-15-56(16-14-55)37-17-27-22-58(44(62)32(27)19-34(37)46)36-8-10-39(59)54-43(36)61/h3,6-7,9,17-19,24-25,28,36H,1-2,4-5,8,10-16,21-23H2,(H,51,60)(H,54,59,61)(H,49,50,52,53)/t25-,28-,36?. The molecule has 4 aliphatic heterocycles. The Bertz CT molecular complexity index is 2500. The predicted octanol–water partition coefficient (Wildman–Crippen LogP) is 4.85. The van der Waals surface area contributed by atoms with Crippen LogP contribution in [0.2, 0.25) is 5.02 Å². The zero-order valence-corrected chi connectivity index (χ0v) is 34.6. The van der Waals surface area contributed by atoms with Crippen LogP contribution in [-0.4, -0.2) is 99.7 Å². The van der Waals surface area contributed by atoms with E-state index in [9.17, 15) is 24.4 Å². The van der Waals surface area contributed by atoms with Gasteiger partial charge in [-0.2, -0.15) is 9.65 Å². The van der Waals surface area contributed by atoms with Crippen LogP contribution in [0.5, 0.6) is 0 Å². The fraction of sp³-hybridized carbons (Fsp3) is 0.409. The van der Waals surface area contributed by atoms with Crippen molar-refractivity contribution < 1.29 is 28.0 Å². The lowest BCUT2D eigenvalue weighted by Crippen LogP contribution is -2.52. The topological polar surface area (TPSA) is 180 Å². The van der Waals surface area contributed by atoms with Crippen LogP contribution >= 0.6 is 11.6 Å². The van der Waals surface area contributed by atoms with E-state index in [1.54, 1.807) is 24.3 Å². The third-order valence-corrected chi connectivity index (χ3v) is 13.1. The van der Waals surface area contributed by atoms with Gasteiger partial charge in [-0.25, -0.2) is 19.3 Å². The fourth-order valence-corrected chi connectivity index (χ4v) is 9.59. The normalized spacial score (nSPS) is 21.5. The van der Waals surface area contributed by atoms with Gasteiger partial charge in [0.1, 0.15) is 35.9 Å². The van der Waals surface area contributed by atoms with Gasteiger partial charge < -0.3 is 25.3 Å². The number of imide groups is 1. The van der Waals surface area contributed by atoms with Crippen molar-refractivity contribution in [1.29, 1.82) is 5.26 Å². The lowest BCUT2D eigenvalue weighted by atomic mass is 9.85. The van der Waals surface area contributed by atoms with Crippen molar-refractivity contribution in [3.63, 3.8) is 0 Å². The Morgan fingerprint density at radius 3 is 2.47 bits per heavy atom. The van der Waals surface area contributed by atoms with Crippen molar-refractivity contribution >= 4 is 58.2 Å². The summed E-state index contributed by atoms with van der Waals surface area (Å²) in [4.78, 5) is 71.2. The second-order valence-electron chi connectivity index (χ2n) is 16.6. The monoisotopic (exact) mass is 863 g/mol. The molecule has 6 heterocycles. The predicted molar refractivity (Wildman–Crippen MR) is 225 cm³/mol. The highest BCUT2D eigenvalue weighted by molar-refractivity contribution is 6.32. The van der Waals surface area contributed by atoms with Gasteiger partial charge in [-0.3, -0.25) is 29.4 Å². The Hall–Kier alpha value is -6.25. The number of anilines is 4. The fourth-order valence-electron chi connectivity index (χ4n) is 9.38. The molecule has 2 aromatic heterocycles. The van der Waals surface area contributed by atoms with Gasteiger partial charge in [0, 0.05) is 75.1 Å². The molecule has 1 saturated carbocycles. The number of pyridine rings is 1. The molecule has 9 rings (SSSR count). The minimum Gasteiger partial charge on any atom is -0.367 e. The number of aromatic nitrogens is 3. The number of benzene rings is 2. The Balaban J connectivity index is 0.731. The Morgan fingerprint density at radius 1 is 0.919 bits per heavy atom. The van der Waals surface area contributed by atoms with Crippen molar-refractivity contribution in [1.82, 2.24) is 35.4 Å². The number of rotatable bonds is 9. The Labute approximate surface area is 361 Å². The Morgan fingerprint density at radius 2 is 1.73 bits per heavy atom. The van der Waals surface area contributed by atoms with Gasteiger partial charge in [-0.15, -0.1) is 0 Å². The summed E-state index contributed by atoms with van der Waals surface area (Å²) in [7, 11) is 0. The van der Waals surface area contributed by atoms with E-state index in [1.165, 1.54) is 23.4 Å². The third kappa shape index (κ3) is 8.36. The van der Waals surface area contributed by atoms with Crippen LogP contribution in [0.4, 0.5) is 31.8 Å². The number of hydrogen-bond donors (Lipinski definition) is 3. The van der Waals surface area contributed by atoms with Crippen molar-refractivity contribution in [3.8, 4) is 6.07 Å². The molecule has 4 amide bonds. The third-order valence-electron chi connectivity index (χ3n) is 12.8. The van der Waals surface area contributed by atoms with Gasteiger partial charge >= 0.3 is 0 Å². The first kappa shape index (κ1) is 41.1. The minimum atomic E-state index is -0.880. The minimum absolute atomic E-state index is 0.0826. The molecule has 3 N–H and O–H groups in total. The lowest BCUT2D eigenvalue weighted by molar-refractivity contribution is -0.136. The highest BCUT2D eigenvalue weighted by Gasteiger charge is 2.40. The van der Waals surface area contributed by atoms with Crippen LogP contribution in [0.15, 0.2) is 48.8 Å². The molecule has 0 radical (unpaired) electrons. The molecule has 1 atom stereocenters. The second kappa shape index (κ2) is 17.3. The summed E-state index contributed by atoms with van der Waals surface area (Å²) in [6.45, 7) is 4.98. The molecule has 18 heteroatoms. The van der Waals surface area contributed by atoms with Crippen LogP contribution in [0, 0.1) is 29.0 Å². The van der Waals surface area contributed by atoms with Crippen LogP contribution in [0.25, 0.3) is 0 Å². The van der Waals surface area contributed by atoms with Crippen molar-refractivity contribution in [2.24, 2.45) is 5.92 Å². The van der Waals surface area contributed by atoms with E-state index >= 15 is 8.78 Å². The zero-order valence-electron chi connectivity index (χ0n) is 33.8. The smallest absolute Gasteiger partial charge is 0.256 e. The molecule has 3 fully saturated rings. The molecular weight excluding hydrogens is 820 g/mol. The number of fused-ring (bicyclic) bond motifs is 2. The van der Waals surface area contributed by atoms with Crippen molar-refractivity contribution in [2.75, 3.05) is 54.4 Å². The van der Waals surface area contributed by atoms with E-state index in [2.05, 4.69) is 46.8 Å². The molecule has 62 heavy (non-hydrogen) atoms. The summed E-state index contributed by atoms with van der Waals surface area (Å²) >= 11 is 6.27. The maximum absolute atomic E-state index is 15.4. The molecule has 2 saturated heterocycles. The Kier molecular flexibility index (Phi) is 11.4. The van der Waals surface area contributed by atoms with E-state index < -0.39 is 35.5 Å². The quantitative estimate of drug-likeness (QED) is 0.154. The lowest BCUT2D eigenvalue weighted by Gasteiger charge is -2.39. The first-order chi connectivity index (χ1) is 30.0. The molecule has 1 unspecified atom stereocenters. The van der Waals surface area contributed by atoms with Crippen molar-refractivity contribution in [3.05, 3.63) is 99.1 Å². The molecular formula is C44H44ClF2N11O4. The molecule has 1 aliphatic carbocycles. The van der Waals surface area contributed by atoms with Crippen molar-refractivity contribution in [2.45, 2.75) is 70.1 Å². The molecule has 2 aromatic carbocycles. The van der Waals surface area contributed by atoms with E-state index in [1.807, 2.05) is 11.0 Å². The number of amides is 4. The van der Waals surface area contributed by atoms with E-state index in [4.69, 9.17) is 11.6 Å². The number of piperazine rings is 1. The number of hydrogen-bond acceptors (Lipinski definition) is 12. The van der Waals surface area contributed by atoms with Gasteiger partial charge in [0.15, 0.2) is 0 Å². The number of halogens is 3. The maximum Gasteiger partial charge on any atom is 0.256 e. The summed E-state index contributed by atoms with van der Waals surface area (Å²) in [5.74, 6) is -1.93. The summed E-state index contributed by atoms with van der Waals surface area (Å²) in [6.07, 6.45) is 5.82. The van der Waals surface area contributed by atoms with E-state index in [0.717, 1.165) is 62.3 Å². The molecule has 5 aliphatic rings. The molecule has 0 spiro atoms. The zero-order chi connectivity index (χ0) is 43.1. The number of piperidine rings is 1. The molecule has 0 bridgehead atoms. The van der Waals surface area contributed by atoms with Gasteiger partial charge in [0.25, 0.3) is 11.8 Å². The number of nitrogens with one attached hydrogen (secondary N) is 3. The van der Waals surface area contributed by atoms with E-state index in [0.29, 0.717) is 66.2 Å². The average molecular weight is 864 g/mol. The summed E-state index contributed by atoms with van der Waals surface area (Å²) in [5, 5.41) is 18.0. The van der Waals surface area contributed by atoms with E-state index in [-0.39, 0.29) is 48.3 Å². The molecule has 15 nitrogen and oxygen atoms in total. The molecule has 320 valence electrons. The summed E-state index contributed by atoms with van der Waals surface area (Å²) < 4.78 is 30.8. The van der Waals surface area contributed by atoms with Gasteiger partial charge in [0.2, 0.25) is 17.8 Å². The number of nitriles is 1. The number of nitrogens with zero attached hydrogens (tertiary/aromatic N) is 8. The number of carbonyl (C=O) groups excluding carboxylic acids is 4. The maximum atomic E-state index is 15.4. The van der Waals surface area contributed by atoms with Gasteiger partial charge in [-0.05, 0) is 92.5 Å². The number of carbonyl (C=O) groups is 4. The van der Waals surface area contributed by atoms with Crippen LogP contribution < -0.4 is 25.8 Å². The highest BCUT2D eigenvalue weighted by atomic mass is 35.5. The first-order valence-electron chi connectivity index (χ1n) is 21.0. The van der Waals surface area contributed by atoms with Crippen LogP contribution in [-0.2, 0) is 29.1 Å². The second-order valence-corrected chi connectivity index (χ2v) is 17.0. The van der Waals surface area contributed by atoms with Crippen LogP contribution in [0.1, 0.15) is 81.6 Å². The summed E-state index contributed by atoms with van der Waals surface area (Å²) in [6, 6.07) is 12.6. The van der Waals surface area contributed by atoms with Gasteiger partial charge in [-0.1, -0.05) is 11.6 Å². The summed E-state index contributed by atoms with van der Waals surface area (Å²) in [5.41, 5.74) is 4.23. The highest BCUT2D eigenvalue weighted by Crippen LogP contribution is 2.34. The van der Waals surface area contributed by atoms with Gasteiger partial charge in [0.05, 0.1) is 34.1 Å².